The van der Waals surface area contributed by atoms with Crippen molar-refractivity contribution in [1.29, 1.82) is 0 Å². The normalized spacial score (nSPS) is 15.8. The first-order chi connectivity index (χ1) is 11.5. The molecule has 24 heavy (non-hydrogen) atoms. The number of benzene rings is 2. The molecule has 1 aliphatic heterocycles. The van der Waals surface area contributed by atoms with Crippen LogP contribution in [-0.4, -0.2) is 18.9 Å². The third kappa shape index (κ3) is 2.96. The number of methoxy groups -OCH3 is 1. The number of amides is 2. The van der Waals surface area contributed by atoms with Crippen LogP contribution in [0.3, 0.4) is 0 Å². The summed E-state index contributed by atoms with van der Waals surface area (Å²) in [5, 5.41) is 1.51. The van der Waals surface area contributed by atoms with Crippen molar-refractivity contribution >= 4 is 35.2 Å². The lowest BCUT2D eigenvalue weighted by Gasteiger charge is -2.14. The van der Waals surface area contributed by atoms with E-state index in [1.54, 1.807) is 18.2 Å². The van der Waals surface area contributed by atoms with Crippen LogP contribution in [0.15, 0.2) is 48.0 Å². The highest BCUT2D eigenvalue weighted by molar-refractivity contribution is 6.32. The van der Waals surface area contributed by atoms with E-state index in [4.69, 9.17) is 16.3 Å². The number of hydrazine groups is 1. The molecule has 3 rings (SSSR count). The monoisotopic (exact) mass is 346 g/mol. The molecule has 1 fully saturated rings. The minimum Gasteiger partial charge on any atom is -0.496 e. The lowest BCUT2D eigenvalue weighted by molar-refractivity contribution is -0.117. The van der Waals surface area contributed by atoms with Gasteiger partial charge in [0.15, 0.2) is 0 Å². The predicted octanol–water partition coefficient (Wildman–Crippen LogP) is 2.95. The van der Waals surface area contributed by atoms with Crippen molar-refractivity contribution in [3.63, 3.8) is 0 Å². The number of anilines is 1. The van der Waals surface area contributed by atoms with Gasteiger partial charge in [0.1, 0.15) is 17.1 Å². The number of hydrogen-bond acceptors (Lipinski definition) is 3. The molecule has 1 saturated heterocycles. The molecule has 0 saturated carbocycles. The Balaban J connectivity index is 1.97. The van der Waals surface area contributed by atoms with Gasteiger partial charge in [-0.1, -0.05) is 11.6 Å². The molecule has 7 heteroatoms. The van der Waals surface area contributed by atoms with Gasteiger partial charge in [0.25, 0.3) is 11.8 Å². The van der Waals surface area contributed by atoms with Crippen LogP contribution in [0.2, 0.25) is 5.02 Å². The smallest absolute Gasteiger partial charge is 0.282 e. The van der Waals surface area contributed by atoms with Crippen LogP contribution >= 0.6 is 11.6 Å². The summed E-state index contributed by atoms with van der Waals surface area (Å²) in [5.41, 5.74) is 3.23. The fraction of sp³-hybridized carbons (Fsp3) is 0.0588. The quantitative estimate of drug-likeness (QED) is 0.686. The van der Waals surface area contributed by atoms with E-state index in [9.17, 15) is 14.0 Å². The van der Waals surface area contributed by atoms with Crippen LogP contribution in [0.5, 0.6) is 5.75 Å². The second-order valence-corrected chi connectivity index (χ2v) is 5.44. The zero-order valence-corrected chi connectivity index (χ0v) is 13.3. The molecule has 0 bridgehead atoms. The highest BCUT2D eigenvalue weighted by Crippen LogP contribution is 2.27. The minimum absolute atomic E-state index is 0.0695. The number of nitrogens with one attached hydrogen (secondary N) is 1. The molecule has 0 aromatic heterocycles. The summed E-state index contributed by atoms with van der Waals surface area (Å²) in [7, 11) is 1.48. The first-order valence-corrected chi connectivity index (χ1v) is 7.33. The van der Waals surface area contributed by atoms with E-state index in [1.807, 2.05) is 0 Å². The summed E-state index contributed by atoms with van der Waals surface area (Å²) in [6.45, 7) is 0. The standard InChI is InChI=1S/C17H12ClFN2O3/c1-24-15-7-2-11(18)8-10(15)9-14-16(22)20-21(17(14)23)13-5-3-12(19)4-6-13/h2-9H,1H3,(H,20,22)/b14-9+. The van der Waals surface area contributed by atoms with Gasteiger partial charge >= 0.3 is 0 Å². The Morgan fingerprint density at radius 1 is 1.17 bits per heavy atom. The van der Waals surface area contributed by atoms with Gasteiger partial charge in [-0.25, -0.2) is 9.40 Å². The molecule has 0 unspecified atom stereocenters. The van der Waals surface area contributed by atoms with E-state index < -0.39 is 17.6 Å². The van der Waals surface area contributed by atoms with Gasteiger partial charge in [-0.3, -0.25) is 15.0 Å². The Labute approximate surface area is 142 Å². The maximum Gasteiger partial charge on any atom is 0.282 e. The highest BCUT2D eigenvalue weighted by Gasteiger charge is 2.34. The third-order valence-electron chi connectivity index (χ3n) is 3.47. The van der Waals surface area contributed by atoms with Crippen molar-refractivity contribution in [3.05, 3.63) is 64.4 Å². The summed E-state index contributed by atoms with van der Waals surface area (Å²) in [4.78, 5) is 24.6. The number of nitrogens with zero attached hydrogens (tertiary/aromatic N) is 1. The Hall–Kier alpha value is -2.86. The van der Waals surface area contributed by atoms with Crippen molar-refractivity contribution in [2.45, 2.75) is 0 Å². The fourth-order valence-corrected chi connectivity index (χ4v) is 2.48. The number of hydrogen-bond donors (Lipinski definition) is 1. The molecule has 2 aromatic rings. The number of ether oxygens (including phenoxy) is 1. The topological polar surface area (TPSA) is 58.6 Å². The van der Waals surface area contributed by atoms with Crippen molar-refractivity contribution in [2.75, 3.05) is 12.1 Å². The number of carbonyl (C=O) groups excluding carboxylic acids is 2. The molecule has 0 aliphatic carbocycles. The molecule has 2 amide bonds. The van der Waals surface area contributed by atoms with E-state index in [-0.39, 0.29) is 5.57 Å². The van der Waals surface area contributed by atoms with Gasteiger partial charge in [0, 0.05) is 10.6 Å². The predicted molar refractivity (Wildman–Crippen MR) is 88.0 cm³/mol. The van der Waals surface area contributed by atoms with Crippen LogP contribution in [0.1, 0.15) is 5.56 Å². The number of rotatable bonds is 3. The maximum atomic E-state index is 13.0. The van der Waals surface area contributed by atoms with Gasteiger partial charge in [-0.05, 0) is 48.5 Å². The molecular weight excluding hydrogens is 335 g/mol. The molecule has 0 spiro atoms. The van der Waals surface area contributed by atoms with Gasteiger partial charge in [-0.15, -0.1) is 0 Å². The average molecular weight is 347 g/mol. The van der Waals surface area contributed by atoms with Crippen LogP contribution < -0.4 is 15.2 Å². The first kappa shape index (κ1) is 16.0. The zero-order valence-electron chi connectivity index (χ0n) is 12.5. The van der Waals surface area contributed by atoms with Crippen LogP contribution in [0.4, 0.5) is 10.1 Å². The van der Waals surface area contributed by atoms with Gasteiger partial charge < -0.3 is 4.74 Å². The Morgan fingerprint density at radius 2 is 1.88 bits per heavy atom. The summed E-state index contributed by atoms with van der Waals surface area (Å²) in [5.74, 6) is -1.07. The third-order valence-corrected chi connectivity index (χ3v) is 3.70. The fourth-order valence-electron chi connectivity index (χ4n) is 2.30. The van der Waals surface area contributed by atoms with Crippen molar-refractivity contribution in [3.8, 4) is 5.75 Å². The van der Waals surface area contributed by atoms with Crippen LogP contribution in [0.25, 0.3) is 6.08 Å². The van der Waals surface area contributed by atoms with E-state index in [0.29, 0.717) is 22.0 Å². The second-order valence-electron chi connectivity index (χ2n) is 5.00. The van der Waals surface area contributed by atoms with Gasteiger partial charge in [-0.2, -0.15) is 0 Å². The van der Waals surface area contributed by atoms with E-state index >= 15 is 0 Å². The zero-order chi connectivity index (χ0) is 17.3. The molecule has 5 nitrogen and oxygen atoms in total. The molecule has 122 valence electrons. The first-order valence-electron chi connectivity index (χ1n) is 6.96. The van der Waals surface area contributed by atoms with Crippen LogP contribution in [-0.2, 0) is 9.59 Å². The van der Waals surface area contributed by atoms with Gasteiger partial charge in [0.2, 0.25) is 0 Å². The summed E-state index contributed by atoms with van der Waals surface area (Å²) in [6.07, 6.45) is 1.41. The second kappa shape index (κ2) is 6.33. The highest BCUT2D eigenvalue weighted by atomic mass is 35.5. The van der Waals surface area contributed by atoms with Crippen molar-refractivity contribution in [1.82, 2.24) is 5.43 Å². The van der Waals surface area contributed by atoms with E-state index in [2.05, 4.69) is 5.43 Å². The van der Waals surface area contributed by atoms with Crippen molar-refractivity contribution in [2.24, 2.45) is 0 Å². The SMILES string of the molecule is COc1ccc(Cl)cc1/C=C1\C(=O)NN(c2ccc(F)cc2)C1=O. The summed E-state index contributed by atoms with van der Waals surface area (Å²) >= 11 is 5.96. The van der Waals surface area contributed by atoms with Crippen LogP contribution in [0, 0.1) is 5.82 Å². The lowest BCUT2D eigenvalue weighted by Crippen LogP contribution is -2.35. The lowest BCUT2D eigenvalue weighted by atomic mass is 10.1. The van der Waals surface area contributed by atoms with E-state index in [1.165, 1.54) is 37.5 Å². The molecule has 2 aromatic carbocycles. The van der Waals surface area contributed by atoms with E-state index in [0.717, 1.165) is 5.01 Å². The molecule has 0 atom stereocenters. The Kier molecular flexibility index (Phi) is 4.22. The van der Waals surface area contributed by atoms with Crippen molar-refractivity contribution < 1.29 is 18.7 Å². The molecule has 1 aliphatic rings. The Morgan fingerprint density at radius 3 is 2.54 bits per heavy atom. The number of carbonyl (C=O) groups is 2. The molecule has 1 heterocycles. The summed E-state index contributed by atoms with van der Waals surface area (Å²) < 4.78 is 18.2. The summed E-state index contributed by atoms with van der Waals surface area (Å²) in [6, 6.07) is 10.1. The number of halogens is 2. The minimum atomic E-state index is -0.564. The van der Waals surface area contributed by atoms with Gasteiger partial charge in [0.05, 0.1) is 12.8 Å². The largest absolute Gasteiger partial charge is 0.496 e. The maximum absolute atomic E-state index is 13.0. The molecule has 1 N–H and O–H groups in total. The molecular formula is C17H12ClFN2O3. The molecule has 0 radical (unpaired) electrons. The average Bonchev–Trinajstić information content (AvgIpc) is 2.84. The Bertz CT molecular complexity index is 849.